The van der Waals surface area contributed by atoms with Crippen molar-refractivity contribution in [3.63, 3.8) is 0 Å². The van der Waals surface area contributed by atoms with Crippen LogP contribution in [0.1, 0.15) is 63.3 Å². The van der Waals surface area contributed by atoms with Gasteiger partial charge in [-0.1, -0.05) is 43.2 Å². The van der Waals surface area contributed by atoms with Crippen molar-refractivity contribution in [1.82, 2.24) is 20.0 Å². The van der Waals surface area contributed by atoms with E-state index in [4.69, 9.17) is 0 Å². The van der Waals surface area contributed by atoms with Crippen molar-refractivity contribution in [3.8, 4) is 0 Å². The molecule has 6 nitrogen and oxygen atoms in total. The predicted molar refractivity (Wildman–Crippen MR) is 120 cm³/mol. The predicted octanol–water partition coefficient (Wildman–Crippen LogP) is 3.89. The molecule has 2 saturated heterocycles. The van der Waals surface area contributed by atoms with E-state index in [9.17, 15) is 4.79 Å². The molecule has 162 valence electrons. The quantitative estimate of drug-likeness (QED) is 0.787. The van der Waals surface area contributed by atoms with Gasteiger partial charge in [0.15, 0.2) is 0 Å². The summed E-state index contributed by atoms with van der Waals surface area (Å²) in [4.78, 5) is 15.6. The highest BCUT2D eigenvalue weighted by atomic mass is 16.2. The average Bonchev–Trinajstić information content (AvgIpc) is 3.20. The monoisotopic (exact) mass is 409 g/mol. The first-order valence-electron chi connectivity index (χ1n) is 11.4. The molecule has 2 aliphatic heterocycles. The molecule has 0 saturated carbocycles. The van der Waals surface area contributed by atoms with E-state index >= 15 is 0 Å². The minimum Gasteiger partial charge on any atom is -0.322 e. The van der Waals surface area contributed by atoms with Crippen LogP contribution >= 0.6 is 0 Å². The van der Waals surface area contributed by atoms with Gasteiger partial charge in [-0.05, 0) is 52.1 Å². The van der Waals surface area contributed by atoms with Crippen molar-refractivity contribution in [2.45, 2.75) is 77.0 Å². The van der Waals surface area contributed by atoms with E-state index in [0.29, 0.717) is 12.6 Å². The minimum absolute atomic E-state index is 0.0320. The second-order valence-corrected chi connectivity index (χ2v) is 9.04. The van der Waals surface area contributed by atoms with Gasteiger partial charge in [0.25, 0.3) is 0 Å². The van der Waals surface area contributed by atoms with Crippen LogP contribution in [-0.4, -0.2) is 45.3 Å². The van der Waals surface area contributed by atoms with E-state index in [-0.39, 0.29) is 17.5 Å². The summed E-state index contributed by atoms with van der Waals surface area (Å²) in [5.41, 5.74) is 3.01. The standard InChI is InChI=1S/C24H35N5O/c1-4-28-16-20(18(2)27-28)26-23(30)17-29-21(19-11-7-5-8-12-19)15-24(3)22(29)13-9-6-10-14-25-24/h5,7-8,11-12,16,21-22,25H,4,6,9-10,13-15,17H2,1-3H3,(H,26,30)/t21-,22-,24-/m0/s1. The summed E-state index contributed by atoms with van der Waals surface area (Å²) < 4.78 is 1.86. The van der Waals surface area contributed by atoms with Crippen molar-refractivity contribution in [3.05, 3.63) is 47.8 Å². The number of amides is 1. The third-order valence-corrected chi connectivity index (χ3v) is 6.89. The first kappa shape index (κ1) is 21.1. The second-order valence-electron chi connectivity index (χ2n) is 9.04. The van der Waals surface area contributed by atoms with Crippen LogP contribution in [0, 0.1) is 6.92 Å². The highest BCUT2D eigenvalue weighted by Crippen LogP contribution is 2.44. The van der Waals surface area contributed by atoms with Crippen molar-refractivity contribution >= 4 is 11.6 Å². The van der Waals surface area contributed by atoms with Crippen molar-refractivity contribution in [2.24, 2.45) is 0 Å². The van der Waals surface area contributed by atoms with E-state index < -0.39 is 0 Å². The smallest absolute Gasteiger partial charge is 0.238 e. The normalized spacial score (nSPS) is 27.3. The number of hydrogen-bond donors (Lipinski definition) is 2. The number of fused-ring (bicyclic) bond motifs is 1. The van der Waals surface area contributed by atoms with Gasteiger partial charge in [0.1, 0.15) is 0 Å². The Bertz CT molecular complexity index is 864. The van der Waals surface area contributed by atoms with Crippen molar-refractivity contribution in [2.75, 3.05) is 18.4 Å². The van der Waals surface area contributed by atoms with Crippen LogP contribution in [0.3, 0.4) is 0 Å². The Morgan fingerprint density at radius 2 is 2.07 bits per heavy atom. The number of nitrogens with zero attached hydrogens (tertiary/aromatic N) is 3. The fourth-order valence-electron chi connectivity index (χ4n) is 5.29. The zero-order valence-corrected chi connectivity index (χ0v) is 18.5. The second kappa shape index (κ2) is 8.90. The number of rotatable bonds is 5. The molecule has 1 amide bonds. The number of anilines is 1. The van der Waals surface area contributed by atoms with Gasteiger partial charge >= 0.3 is 0 Å². The lowest BCUT2D eigenvalue weighted by Gasteiger charge is -2.38. The van der Waals surface area contributed by atoms with Gasteiger partial charge in [0.2, 0.25) is 5.91 Å². The molecule has 30 heavy (non-hydrogen) atoms. The molecular formula is C24H35N5O. The van der Waals surface area contributed by atoms with Crippen LogP contribution in [-0.2, 0) is 11.3 Å². The molecule has 3 heterocycles. The summed E-state index contributed by atoms with van der Waals surface area (Å²) in [6.07, 6.45) is 7.80. The lowest BCUT2D eigenvalue weighted by Crippen LogP contribution is -2.54. The molecule has 2 fully saturated rings. The van der Waals surface area contributed by atoms with Crippen LogP contribution in [0.2, 0.25) is 0 Å². The maximum atomic E-state index is 13.1. The van der Waals surface area contributed by atoms with Crippen LogP contribution in [0.4, 0.5) is 5.69 Å². The zero-order valence-electron chi connectivity index (χ0n) is 18.5. The molecule has 0 spiro atoms. The van der Waals surface area contributed by atoms with Gasteiger partial charge in [0.05, 0.1) is 17.9 Å². The maximum absolute atomic E-state index is 13.1. The van der Waals surface area contributed by atoms with Crippen LogP contribution in [0.5, 0.6) is 0 Å². The molecule has 4 rings (SSSR count). The average molecular weight is 410 g/mol. The summed E-state index contributed by atoms with van der Waals surface area (Å²) >= 11 is 0. The SMILES string of the molecule is CCn1cc(NC(=O)CN2[C@H]3CCCCCN[C@@]3(C)C[C@H]2c2ccccc2)c(C)n1. The topological polar surface area (TPSA) is 62.2 Å². The van der Waals surface area contributed by atoms with Gasteiger partial charge < -0.3 is 10.6 Å². The molecular weight excluding hydrogens is 374 g/mol. The summed E-state index contributed by atoms with van der Waals surface area (Å²) in [7, 11) is 0. The number of likely N-dealkylation sites (tertiary alicyclic amines) is 1. The molecule has 3 atom stereocenters. The Morgan fingerprint density at radius 1 is 1.27 bits per heavy atom. The molecule has 0 radical (unpaired) electrons. The third-order valence-electron chi connectivity index (χ3n) is 6.89. The lowest BCUT2D eigenvalue weighted by atomic mass is 9.85. The number of aryl methyl sites for hydroxylation is 2. The molecule has 2 N–H and O–H groups in total. The number of hydrogen-bond acceptors (Lipinski definition) is 4. The molecule has 1 aromatic heterocycles. The summed E-state index contributed by atoms with van der Waals surface area (Å²) in [5, 5.41) is 11.4. The van der Waals surface area contributed by atoms with E-state index in [1.807, 2.05) is 17.8 Å². The third kappa shape index (κ3) is 4.30. The highest BCUT2D eigenvalue weighted by Gasteiger charge is 2.49. The largest absolute Gasteiger partial charge is 0.322 e. The van der Waals surface area contributed by atoms with E-state index in [2.05, 4.69) is 64.8 Å². The number of benzene rings is 1. The summed E-state index contributed by atoms with van der Waals surface area (Å²) in [5.74, 6) is 0.0426. The Balaban J connectivity index is 1.57. The van der Waals surface area contributed by atoms with Crippen LogP contribution in [0.25, 0.3) is 0 Å². The number of nitrogens with one attached hydrogen (secondary N) is 2. The minimum atomic E-state index is 0.0320. The van der Waals surface area contributed by atoms with Gasteiger partial charge in [0, 0.05) is 30.4 Å². The molecule has 2 aromatic rings. The number of carbonyl (C=O) groups is 1. The van der Waals surface area contributed by atoms with E-state index in [0.717, 1.165) is 37.3 Å². The molecule has 0 aliphatic carbocycles. The molecule has 0 bridgehead atoms. The highest BCUT2D eigenvalue weighted by molar-refractivity contribution is 5.92. The van der Waals surface area contributed by atoms with E-state index in [1.165, 1.54) is 24.8 Å². The summed E-state index contributed by atoms with van der Waals surface area (Å²) in [6, 6.07) is 11.3. The van der Waals surface area contributed by atoms with Crippen molar-refractivity contribution < 1.29 is 4.79 Å². The zero-order chi connectivity index (χ0) is 21.1. The lowest BCUT2D eigenvalue weighted by molar-refractivity contribution is -0.118. The van der Waals surface area contributed by atoms with Gasteiger partial charge in [-0.3, -0.25) is 14.4 Å². The van der Waals surface area contributed by atoms with E-state index in [1.54, 1.807) is 0 Å². The Morgan fingerprint density at radius 3 is 2.80 bits per heavy atom. The Hall–Kier alpha value is -2.18. The number of aromatic nitrogens is 2. The molecule has 6 heteroatoms. The summed E-state index contributed by atoms with van der Waals surface area (Å²) in [6.45, 7) is 8.61. The maximum Gasteiger partial charge on any atom is 0.238 e. The fraction of sp³-hybridized carbons (Fsp3) is 0.583. The van der Waals surface area contributed by atoms with Crippen molar-refractivity contribution in [1.29, 1.82) is 0 Å². The van der Waals surface area contributed by atoms with Gasteiger partial charge in [-0.15, -0.1) is 0 Å². The number of carbonyl (C=O) groups excluding carboxylic acids is 1. The fourth-order valence-corrected chi connectivity index (χ4v) is 5.29. The molecule has 2 aliphatic rings. The Labute approximate surface area is 180 Å². The van der Waals surface area contributed by atoms with Crippen LogP contribution < -0.4 is 10.6 Å². The molecule has 0 unspecified atom stereocenters. The van der Waals surface area contributed by atoms with Gasteiger partial charge in [-0.2, -0.15) is 5.10 Å². The first-order chi connectivity index (χ1) is 14.5. The van der Waals surface area contributed by atoms with Crippen LogP contribution in [0.15, 0.2) is 36.5 Å². The first-order valence-corrected chi connectivity index (χ1v) is 11.4. The Kier molecular flexibility index (Phi) is 6.25. The van der Waals surface area contributed by atoms with Gasteiger partial charge in [-0.25, -0.2) is 0 Å². The molecule has 1 aromatic carbocycles.